The SMILES string of the molecule is O=C(N[C@@H](Cc1ccccc1)C(=O)[O-])/C(=C/c1cccc([N+](=O)[O-])c1)NC(=O)c1ccco1. The van der Waals surface area contributed by atoms with Crippen molar-refractivity contribution in [3.8, 4) is 0 Å². The first-order valence-electron chi connectivity index (χ1n) is 9.70. The van der Waals surface area contributed by atoms with Gasteiger partial charge in [-0.2, -0.15) is 0 Å². The van der Waals surface area contributed by atoms with Crippen LogP contribution in [0.25, 0.3) is 6.08 Å². The van der Waals surface area contributed by atoms with Gasteiger partial charge in [0.25, 0.3) is 17.5 Å². The monoisotopic (exact) mass is 448 g/mol. The van der Waals surface area contributed by atoms with Crippen molar-refractivity contribution in [3.63, 3.8) is 0 Å². The number of nitrogens with zero attached hydrogens (tertiary/aromatic N) is 1. The van der Waals surface area contributed by atoms with Crippen molar-refractivity contribution in [2.45, 2.75) is 12.5 Å². The van der Waals surface area contributed by atoms with Crippen molar-refractivity contribution >= 4 is 29.5 Å². The zero-order chi connectivity index (χ0) is 23.8. The van der Waals surface area contributed by atoms with E-state index in [-0.39, 0.29) is 29.1 Å². The molecule has 2 amide bonds. The quantitative estimate of drug-likeness (QED) is 0.285. The summed E-state index contributed by atoms with van der Waals surface area (Å²) < 4.78 is 5.01. The number of nitrogens with one attached hydrogen (secondary N) is 2. The van der Waals surface area contributed by atoms with Crippen LogP contribution in [-0.2, 0) is 16.0 Å². The maximum absolute atomic E-state index is 12.9. The van der Waals surface area contributed by atoms with E-state index in [4.69, 9.17) is 4.42 Å². The summed E-state index contributed by atoms with van der Waals surface area (Å²) in [5.41, 5.74) is 0.326. The number of hydrogen-bond donors (Lipinski definition) is 2. The van der Waals surface area contributed by atoms with Crippen LogP contribution in [0.5, 0.6) is 0 Å². The maximum Gasteiger partial charge on any atom is 0.291 e. The lowest BCUT2D eigenvalue weighted by molar-refractivity contribution is -0.384. The smallest absolute Gasteiger partial charge is 0.291 e. The lowest BCUT2D eigenvalue weighted by Gasteiger charge is -2.21. The van der Waals surface area contributed by atoms with Gasteiger partial charge in [0.1, 0.15) is 5.70 Å². The Labute approximate surface area is 187 Å². The number of non-ortho nitro benzene ring substituents is 1. The molecule has 3 aromatic rings. The first-order valence-corrected chi connectivity index (χ1v) is 9.70. The van der Waals surface area contributed by atoms with Gasteiger partial charge in [-0.3, -0.25) is 19.7 Å². The molecule has 0 saturated heterocycles. The molecule has 0 fully saturated rings. The Kier molecular flexibility index (Phi) is 7.32. The van der Waals surface area contributed by atoms with Gasteiger partial charge in [-0.15, -0.1) is 0 Å². The normalized spacial score (nSPS) is 11.9. The van der Waals surface area contributed by atoms with Crippen LogP contribution in [-0.4, -0.2) is 28.7 Å². The van der Waals surface area contributed by atoms with Gasteiger partial charge in [0, 0.05) is 12.1 Å². The highest BCUT2D eigenvalue weighted by molar-refractivity contribution is 6.05. The number of carbonyl (C=O) groups excluding carboxylic acids is 3. The number of amides is 2. The molecular formula is C23H18N3O7-. The molecule has 2 aromatic carbocycles. The predicted octanol–water partition coefficient (Wildman–Crippen LogP) is 1.44. The summed E-state index contributed by atoms with van der Waals surface area (Å²) in [6, 6.07) is 15.4. The summed E-state index contributed by atoms with van der Waals surface area (Å²) in [7, 11) is 0. The number of carboxylic acid groups (broad SMARTS) is 1. The van der Waals surface area contributed by atoms with E-state index >= 15 is 0 Å². The summed E-state index contributed by atoms with van der Waals surface area (Å²) in [5, 5.41) is 27.4. The van der Waals surface area contributed by atoms with E-state index in [1.807, 2.05) is 0 Å². The fourth-order valence-electron chi connectivity index (χ4n) is 2.92. The van der Waals surface area contributed by atoms with Crippen LogP contribution in [0, 0.1) is 10.1 Å². The number of rotatable bonds is 9. The molecule has 168 valence electrons. The maximum atomic E-state index is 12.9. The number of carboxylic acids is 1. The van der Waals surface area contributed by atoms with Gasteiger partial charge >= 0.3 is 0 Å². The average Bonchev–Trinajstić information content (AvgIpc) is 3.34. The third kappa shape index (κ3) is 6.37. The second-order valence-electron chi connectivity index (χ2n) is 6.88. The van der Waals surface area contributed by atoms with Gasteiger partial charge in [-0.1, -0.05) is 42.5 Å². The molecular weight excluding hydrogens is 430 g/mol. The summed E-state index contributed by atoms with van der Waals surface area (Å²) in [6.07, 6.45) is 2.41. The standard InChI is InChI=1S/C23H19N3O7/c27-21(25-19(23(29)30)13-15-6-2-1-3-7-15)18(24-22(28)20-10-5-11-33-20)14-16-8-4-9-17(12-16)26(31)32/h1-12,14,19H,13H2,(H,24,28)(H,25,27)(H,29,30)/p-1/b18-14-/t19-/m0/s1. The summed E-state index contributed by atoms with van der Waals surface area (Å²) in [5.74, 6) is -3.29. The van der Waals surface area contributed by atoms with Gasteiger partial charge in [0.05, 0.1) is 23.2 Å². The summed E-state index contributed by atoms with van der Waals surface area (Å²) in [4.78, 5) is 47.4. The highest BCUT2D eigenvalue weighted by atomic mass is 16.6. The van der Waals surface area contributed by atoms with Gasteiger partial charge in [0.2, 0.25) is 0 Å². The molecule has 0 aliphatic rings. The minimum atomic E-state index is -1.51. The molecule has 0 unspecified atom stereocenters. The van der Waals surface area contributed by atoms with Gasteiger partial charge in [0.15, 0.2) is 5.76 Å². The van der Waals surface area contributed by atoms with Crippen LogP contribution in [0.4, 0.5) is 5.69 Å². The number of hydrogen-bond acceptors (Lipinski definition) is 7. The number of benzene rings is 2. The fourth-order valence-corrected chi connectivity index (χ4v) is 2.92. The van der Waals surface area contributed by atoms with E-state index in [0.717, 1.165) is 0 Å². The minimum absolute atomic E-state index is 0.0505. The zero-order valence-corrected chi connectivity index (χ0v) is 17.1. The van der Waals surface area contributed by atoms with E-state index in [1.165, 1.54) is 48.7 Å². The van der Waals surface area contributed by atoms with Crippen molar-refractivity contribution in [1.29, 1.82) is 0 Å². The number of nitro benzene ring substituents is 1. The Morgan fingerprint density at radius 3 is 2.42 bits per heavy atom. The number of carbonyl (C=O) groups is 3. The second kappa shape index (κ2) is 10.5. The number of nitro groups is 1. The zero-order valence-electron chi connectivity index (χ0n) is 17.1. The molecule has 10 nitrogen and oxygen atoms in total. The molecule has 1 aromatic heterocycles. The molecule has 1 atom stereocenters. The molecule has 1 heterocycles. The Morgan fingerprint density at radius 2 is 1.79 bits per heavy atom. The first kappa shape index (κ1) is 22.9. The molecule has 3 rings (SSSR count). The molecule has 0 aliphatic carbocycles. The van der Waals surface area contributed by atoms with E-state index in [2.05, 4.69) is 10.6 Å². The van der Waals surface area contributed by atoms with Crippen molar-refractivity contribution in [2.24, 2.45) is 0 Å². The van der Waals surface area contributed by atoms with Crippen LogP contribution in [0.3, 0.4) is 0 Å². The van der Waals surface area contributed by atoms with Crippen molar-refractivity contribution in [1.82, 2.24) is 10.6 Å². The largest absolute Gasteiger partial charge is 0.548 e. The summed E-state index contributed by atoms with van der Waals surface area (Å²) >= 11 is 0. The third-order valence-corrected chi connectivity index (χ3v) is 4.50. The van der Waals surface area contributed by atoms with Crippen LogP contribution in [0.2, 0.25) is 0 Å². The van der Waals surface area contributed by atoms with Gasteiger partial charge in [-0.05, 0) is 35.8 Å². The fraction of sp³-hybridized carbons (Fsp3) is 0.0870. The van der Waals surface area contributed by atoms with E-state index < -0.39 is 28.7 Å². The van der Waals surface area contributed by atoms with E-state index in [9.17, 15) is 29.6 Å². The number of aliphatic carboxylic acids is 1. The molecule has 0 saturated carbocycles. The molecule has 0 bridgehead atoms. The van der Waals surface area contributed by atoms with Crippen LogP contribution in [0.1, 0.15) is 21.7 Å². The number of furan rings is 1. The van der Waals surface area contributed by atoms with Crippen LogP contribution in [0.15, 0.2) is 83.1 Å². The molecule has 0 aliphatic heterocycles. The minimum Gasteiger partial charge on any atom is -0.548 e. The molecule has 0 radical (unpaired) electrons. The second-order valence-corrected chi connectivity index (χ2v) is 6.88. The molecule has 2 N–H and O–H groups in total. The lowest BCUT2D eigenvalue weighted by atomic mass is 10.1. The highest BCUT2D eigenvalue weighted by Gasteiger charge is 2.21. The van der Waals surface area contributed by atoms with Crippen LogP contribution < -0.4 is 15.7 Å². The Balaban J connectivity index is 1.89. The van der Waals surface area contributed by atoms with Crippen LogP contribution >= 0.6 is 0 Å². The molecule has 0 spiro atoms. The summed E-state index contributed by atoms with van der Waals surface area (Å²) in [6.45, 7) is 0. The average molecular weight is 448 g/mol. The van der Waals surface area contributed by atoms with E-state index in [0.29, 0.717) is 5.56 Å². The Morgan fingerprint density at radius 1 is 1.03 bits per heavy atom. The van der Waals surface area contributed by atoms with E-state index in [1.54, 1.807) is 30.3 Å². The molecule has 10 heteroatoms. The lowest BCUT2D eigenvalue weighted by Crippen LogP contribution is -2.50. The Bertz CT molecular complexity index is 1190. The van der Waals surface area contributed by atoms with Crippen molar-refractivity contribution < 1.29 is 28.8 Å². The van der Waals surface area contributed by atoms with Gasteiger partial charge in [-0.25, -0.2) is 0 Å². The molecule has 33 heavy (non-hydrogen) atoms. The van der Waals surface area contributed by atoms with Crippen molar-refractivity contribution in [3.05, 3.63) is 106 Å². The predicted molar refractivity (Wildman–Crippen MR) is 114 cm³/mol. The first-order chi connectivity index (χ1) is 15.8. The third-order valence-electron chi connectivity index (χ3n) is 4.50. The topological polar surface area (TPSA) is 155 Å². The Hall–Kier alpha value is -4.73. The van der Waals surface area contributed by atoms with Crippen molar-refractivity contribution in [2.75, 3.05) is 0 Å². The highest BCUT2D eigenvalue weighted by Crippen LogP contribution is 2.16. The van der Waals surface area contributed by atoms with Gasteiger partial charge < -0.3 is 25.0 Å².